The second kappa shape index (κ2) is 10.8. The van der Waals surface area contributed by atoms with Crippen LogP contribution in [0.5, 0.6) is 0 Å². The Morgan fingerprint density at radius 3 is 2.50 bits per heavy atom. The van der Waals surface area contributed by atoms with Crippen LogP contribution in [0.2, 0.25) is 0 Å². The molecule has 3 aliphatic heterocycles. The highest BCUT2D eigenvalue weighted by atomic mass is 19.1. The van der Waals surface area contributed by atoms with Crippen LogP contribution >= 0.6 is 0 Å². The number of fused-ring (bicyclic) bond motifs is 3. The van der Waals surface area contributed by atoms with E-state index in [1.807, 2.05) is 28.0 Å². The van der Waals surface area contributed by atoms with Gasteiger partial charge in [0.2, 0.25) is 0 Å². The summed E-state index contributed by atoms with van der Waals surface area (Å²) in [6, 6.07) is 12.5. The molecule has 0 bridgehead atoms. The number of hydrogen-bond acceptors (Lipinski definition) is 3. The first-order chi connectivity index (χ1) is 17.5. The molecule has 7 heteroatoms. The number of hydrogen-bond donors (Lipinski definition) is 0. The summed E-state index contributed by atoms with van der Waals surface area (Å²) in [5, 5.41) is 0. The molecule has 0 saturated carbocycles. The number of urea groups is 1. The number of likely N-dealkylation sites (tertiary alicyclic amines) is 1. The molecule has 2 amide bonds. The summed E-state index contributed by atoms with van der Waals surface area (Å²) in [5.74, 6) is -0.228. The van der Waals surface area contributed by atoms with Crippen molar-refractivity contribution in [2.75, 3.05) is 44.2 Å². The maximum atomic E-state index is 14.2. The van der Waals surface area contributed by atoms with E-state index in [1.165, 1.54) is 18.2 Å². The number of piperidine rings is 1. The van der Waals surface area contributed by atoms with Crippen molar-refractivity contribution < 1.29 is 13.6 Å². The first-order valence-corrected chi connectivity index (χ1v) is 13.6. The quantitative estimate of drug-likeness (QED) is 0.400. The van der Waals surface area contributed by atoms with Crippen molar-refractivity contribution >= 4 is 17.4 Å². The van der Waals surface area contributed by atoms with Gasteiger partial charge in [-0.2, -0.15) is 0 Å². The Morgan fingerprint density at radius 1 is 0.972 bits per heavy atom. The minimum Gasteiger partial charge on any atom is -0.337 e. The Kier molecular flexibility index (Phi) is 7.47. The summed E-state index contributed by atoms with van der Waals surface area (Å²) in [7, 11) is 0. The van der Waals surface area contributed by atoms with Gasteiger partial charge in [0.1, 0.15) is 11.6 Å². The average Bonchev–Trinajstić information content (AvgIpc) is 3.39. The molecule has 194 valence electrons. The monoisotopic (exact) mass is 496 g/mol. The average molecular weight is 497 g/mol. The van der Waals surface area contributed by atoms with Crippen LogP contribution in [0.15, 0.2) is 42.5 Å². The molecule has 0 aromatic heterocycles. The van der Waals surface area contributed by atoms with Crippen LogP contribution in [0.4, 0.5) is 25.0 Å². The summed E-state index contributed by atoms with van der Waals surface area (Å²) >= 11 is 0. The third-order valence-electron chi connectivity index (χ3n) is 8.26. The number of unbranched alkanes of at least 4 members (excludes halogenated alkanes) is 1. The highest BCUT2D eigenvalue weighted by Crippen LogP contribution is 2.48. The molecule has 0 N–H and O–H groups in total. The molecule has 3 heterocycles. The third kappa shape index (κ3) is 4.95. The van der Waals surface area contributed by atoms with Gasteiger partial charge in [0.15, 0.2) is 0 Å². The van der Waals surface area contributed by atoms with Gasteiger partial charge in [0.05, 0.1) is 0 Å². The Balaban J connectivity index is 1.17. The molecule has 2 aromatic rings. The zero-order chi connectivity index (χ0) is 25.2. The van der Waals surface area contributed by atoms with Crippen molar-refractivity contribution in [2.45, 2.75) is 64.0 Å². The maximum Gasteiger partial charge on any atom is 0.320 e. The van der Waals surface area contributed by atoms with Crippen LogP contribution in [-0.4, -0.2) is 72.1 Å². The number of carbonyl (C=O) groups is 1. The van der Waals surface area contributed by atoms with Gasteiger partial charge in [0.25, 0.3) is 0 Å². The number of nitrogens with zero attached hydrogens (tertiary/aromatic N) is 4. The van der Waals surface area contributed by atoms with Crippen LogP contribution in [0.3, 0.4) is 0 Å². The summed E-state index contributed by atoms with van der Waals surface area (Å²) in [6.45, 7) is 9.68. The van der Waals surface area contributed by atoms with Crippen molar-refractivity contribution in [3.8, 4) is 0 Å². The molecule has 0 aliphatic carbocycles. The second-order valence-electron chi connectivity index (χ2n) is 10.6. The fourth-order valence-corrected chi connectivity index (χ4v) is 6.41. The molecule has 3 atom stereocenters. The highest BCUT2D eigenvalue weighted by Gasteiger charge is 2.42. The third-order valence-corrected chi connectivity index (χ3v) is 8.26. The van der Waals surface area contributed by atoms with E-state index in [-0.39, 0.29) is 29.6 Å². The van der Waals surface area contributed by atoms with E-state index in [4.69, 9.17) is 0 Å². The SMILES string of the molecule is CCCC(C)N1CCN(CCCCN2CCC3C(C2)c2cc(F)ccc2N3c2ccc(F)cc2)C1=O. The minimum atomic E-state index is -0.248. The van der Waals surface area contributed by atoms with Gasteiger partial charge in [-0.1, -0.05) is 13.3 Å². The molecular weight excluding hydrogens is 458 g/mol. The largest absolute Gasteiger partial charge is 0.337 e. The van der Waals surface area contributed by atoms with E-state index in [0.717, 1.165) is 88.3 Å². The van der Waals surface area contributed by atoms with E-state index >= 15 is 0 Å². The molecule has 3 unspecified atom stereocenters. The van der Waals surface area contributed by atoms with E-state index < -0.39 is 0 Å². The second-order valence-corrected chi connectivity index (χ2v) is 10.6. The maximum absolute atomic E-state index is 14.2. The summed E-state index contributed by atoms with van der Waals surface area (Å²) in [4.78, 5) is 21.5. The first kappa shape index (κ1) is 25.0. The highest BCUT2D eigenvalue weighted by molar-refractivity contribution is 5.77. The van der Waals surface area contributed by atoms with Crippen LogP contribution in [0, 0.1) is 11.6 Å². The zero-order valence-electron chi connectivity index (χ0n) is 21.5. The van der Waals surface area contributed by atoms with E-state index in [0.29, 0.717) is 6.04 Å². The van der Waals surface area contributed by atoms with Crippen LogP contribution in [0.25, 0.3) is 0 Å². The number of carbonyl (C=O) groups excluding carboxylic acids is 1. The molecule has 2 aromatic carbocycles. The van der Waals surface area contributed by atoms with Crippen molar-refractivity contribution in [3.63, 3.8) is 0 Å². The molecule has 36 heavy (non-hydrogen) atoms. The summed E-state index contributed by atoms with van der Waals surface area (Å²) in [5.41, 5.74) is 3.05. The summed E-state index contributed by atoms with van der Waals surface area (Å²) < 4.78 is 27.8. The van der Waals surface area contributed by atoms with Crippen molar-refractivity contribution in [1.82, 2.24) is 14.7 Å². The molecule has 2 fully saturated rings. The van der Waals surface area contributed by atoms with Gasteiger partial charge in [-0.3, -0.25) is 0 Å². The number of amides is 2. The van der Waals surface area contributed by atoms with Gasteiger partial charge in [-0.15, -0.1) is 0 Å². The van der Waals surface area contributed by atoms with Crippen molar-refractivity contribution in [2.24, 2.45) is 0 Å². The van der Waals surface area contributed by atoms with E-state index in [2.05, 4.69) is 23.6 Å². The Morgan fingerprint density at radius 2 is 1.72 bits per heavy atom. The fraction of sp³-hybridized carbons (Fsp3) is 0.552. The molecule has 3 aliphatic rings. The molecule has 5 nitrogen and oxygen atoms in total. The van der Waals surface area contributed by atoms with Gasteiger partial charge in [-0.25, -0.2) is 13.6 Å². The van der Waals surface area contributed by atoms with Crippen LogP contribution < -0.4 is 4.90 Å². The number of benzene rings is 2. The molecular formula is C29H38F2N4O. The number of anilines is 2. The standard InChI is InChI=1S/C29H38F2N4O/c1-3-6-21(2)34-18-17-33(29(34)36)15-5-4-14-32-16-13-28-26(20-32)25-19-23(31)9-12-27(25)35(28)24-10-7-22(30)8-11-24/h7-12,19,21,26,28H,3-6,13-18,20H2,1-2H3. The normalized spacial score (nSPS) is 22.8. The van der Waals surface area contributed by atoms with Crippen molar-refractivity contribution in [3.05, 3.63) is 59.7 Å². The lowest BCUT2D eigenvalue weighted by Crippen LogP contribution is -2.45. The van der Waals surface area contributed by atoms with E-state index in [9.17, 15) is 13.6 Å². The first-order valence-electron chi connectivity index (χ1n) is 13.6. The fourth-order valence-electron chi connectivity index (χ4n) is 6.41. The smallest absolute Gasteiger partial charge is 0.320 e. The number of rotatable bonds is 9. The Bertz CT molecular complexity index is 1060. The van der Waals surface area contributed by atoms with Crippen LogP contribution in [-0.2, 0) is 0 Å². The van der Waals surface area contributed by atoms with Gasteiger partial charge < -0.3 is 19.6 Å². The van der Waals surface area contributed by atoms with E-state index in [1.54, 1.807) is 6.07 Å². The van der Waals surface area contributed by atoms with Gasteiger partial charge in [0, 0.05) is 62.1 Å². The molecule has 0 spiro atoms. The van der Waals surface area contributed by atoms with Gasteiger partial charge in [-0.05, 0) is 87.2 Å². The molecule has 2 saturated heterocycles. The lowest BCUT2D eigenvalue weighted by Gasteiger charge is -2.39. The van der Waals surface area contributed by atoms with Crippen LogP contribution in [0.1, 0.15) is 57.4 Å². The lowest BCUT2D eigenvalue weighted by atomic mass is 9.89. The summed E-state index contributed by atoms with van der Waals surface area (Å²) in [6.07, 6.45) is 5.18. The minimum absolute atomic E-state index is 0.197. The van der Waals surface area contributed by atoms with Crippen molar-refractivity contribution in [1.29, 1.82) is 0 Å². The Hall–Kier alpha value is -2.67. The molecule has 0 radical (unpaired) electrons. The predicted octanol–water partition coefficient (Wildman–Crippen LogP) is 5.98. The zero-order valence-corrected chi connectivity index (χ0v) is 21.5. The van der Waals surface area contributed by atoms with Gasteiger partial charge >= 0.3 is 6.03 Å². The lowest BCUT2D eigenvalue weighted by molar-refractivity contribution is 0.173. The predicted molar refractivity (Wildman–Crippen MR) is 140 cm³/mol. The topological polar surface area (TPSA) is 30.0 Å². The molecule has 5 rings (SSSR count). The number of halogens is 2. The Labute approximate surface area is 213 Å².